The van der Waals surface area contributed by atoms with E-state index in [4.69, 9.17) is 0 Å². The smallest absolute Gasteiger partial charge is 0.354 e. The fourth-order valence-corrected chi connectivity index (χ4v) is 2.60. The predicted molar refractivity (Wildman–Crippen MR) is 83.5 cm³/mol. The third-order valence-corrected chi connectivity index (χ3v) is 4.17. The molecule has 24 heavy (non-hydrogen) atoms. The molecule has 1 saturated heterocycles. The molecule has 0 spiro atoms. The zero-order valence-corrected chi connectivity index (χ0v) is 14.1. The molecule has 1 aromatic heterocycles. The minimum Gasteiger partial charge on any atom is -0.354 e. The summed E-state index contributed by atoms with van der Waals surface area (Å²) in [6.07, 6.45) is -4.04. The average molecular weight is 347 g/mol. The molecule has 1 N–H and O–H groups in total. The van der Waals surface area contributed by atoms with Crippen molar-refractivity contribution in [2.75, 3.05) is 46.3 Å². The van der Waals surface area contributed by atoms with Gasteiger partial charge in [0.05, 0.1) is 6.54 Å². The lowest BCUT2D eigenvalue weighted by Gasteiger charge is -2.32. The Morgan fingerprint density at radius 3 is 2.50 bits per heavy atom. The lowest BCUT2D eigenvalue weighted by molar-refractivity contribution is -0.141. The number of piperazine rings is 1. The van der Waals surface area contributed by atoms with E-state index in [0.29, 0.717) is 18.7 Å². The van der Waals surface area contributed by atoms with Crippen LogP contribution in [0.1, 0.15) is 17.8 Å². The highest BCUT2D eigenvalue weighted by Gasteiger charge is 2.34. The van der Waals surface area contributed by atoms with E-state index in [-0.39, 0.29) is 19.0 Å². The molecule has 136 valence electrons. The van der Waals surface area contributed by atoms with Crippen LogP contribution >= 0.6 is 0 Å². The quantitative estimate of drug-likeness (QED) is 0.833. The number of likely N-dealkylation sites (N-methyl/N-ethyl adjacent to an activating group) is 1. The summed E-state index contributed by atoms with van der Waals surface area (Å²) in [5.41, 5.74) is -0.476. The zero-order valence-electron chi connectivity index (χ0n) is 14.1. The minimum absolute atomic E-state index is 0.0882. The van der Waals surface area contributed by atoms with Gasteiger partial charge in [0.2, 0.25) is 5.91 Å². The second-order valence-corrected chi connectivity index (χ2v) is 6.14. The Kier molecular flexibility index (Phi) is 6.22. The summed E-state index contributed by atoms with van der Waals surface area (Å²) < 4.78 is 39.0. The number of carbonyl (C=O) groups is 1. The molecule has 1 aromatic rings. The Balaban J connectivity index is 1.68. The van der Waals surface area contributed by atoms with Crippen molar-refractivity contribution in [2.45, 2.75) is 26.1 Å². The summed E-state index contributed by atoms with van der Waals surface area (Å²) in [5, 5.41) is 6.27. The largest absolute Gasteiger partial charge is 0.435 e. The van der Waals surface area contributed by atoms with Gasteiger partial charge in [-0.25, -0.2) is 0 Å². The molecule has 1 aliphatic rings. The number of carbonyl (C=O) groups excluding carboxylic acids is 1. The van der Waals surface area contributed by atoms with E-state index >= 15 is 0 Å². The van der Waals surface area contributed by atoms with E-state index in [1.807, 2.05) is 0 Å². The molecule has 1 amide bonds. The normalized spacial score (nSPS) is 17.2. The molecule has 0 aromatic carbocycles. The molecule has 1 aliphatic heterocycles. The molecule has 2 rings (SSSR count). The van der Waals surface area contributed by atoms with Crippen molar-refractivity contribution < 1.29 is 18.0 Å². The van der Waals surface area contributed by atoms with Crippen LogP contribution in [0.3, 0.4) is 0 Å². The Labute approximate surface area is 139 Å². The molecule has 0 saturated carbocycles. The molecule has 0 bridgehead atoms. The molecule has 0 radical (unpaired) electrons. The molecule has 0 atom stereocenters. The van der Waals surface area contributed by atoms with E-state index in [9.17, 15) is 18.0 Å². The van der Waals surface area contributed by atoms with Crippen LogP contribution in [0.15, 0.2) is 6.07 Å². The van der Waals surface area contributed by atoms with E-state index in [1.165, 1.54) is 4.68 Å². The first-order valence-corrected chi connectivity index (χ1v) is 8.05. The van der Waals surface area contributed by atoms with Gasteiger partial charge in [-0.15, -0.1) is 0 Å². The molecule has 9 heteroatoms. The van der Waals surface area contributed by atoms with Crippen LogP contribution in [-0.2, 0) is 17.5 Å². The topological polar surface area (TPSA) is 53.4 Å². The molecular weight excluding hydrogens is 323 g/mol. The third-order valence-electron chi connectivity index (χ3n) is 4.17. The minimum atomic E-state index is -4.44. The van der Waals surface area contributed by atoms with Crippen molar-refractivity contribution in [3.8, 4) is 0 Å². The predicted octanol–water partition coefficient (Wildman–Crippen LogP) is 0.964. The van der Waals surface area contributed by atoms with Gasteiger partial charge in [0.1, 0.15) is 0 Å². The van der Waals surface area contributed by atoms with Crippen molar-refractivity contribution in [1.29, 1.82) is 0 Å². The number of aromatic nitrogens is 2. The van der Waals surface area contributed by atoms with Crippen LogP contribution in [0.4, 0.5) is 13.2 Å². The SMILES string of the molecule is Cc1cc(C(F)(F)F)nn1CCNC(=O)CCN1CCN(C)CC1. The summed E-state index contributed by atoms with van der Waals surface area (Å²) in [5.74, 6) is -0.0882. The highest BCUT2D eigenvalue weighted by molar-refractivity contribution is 5.75. The van der Waals surface area contributed by atoms with Gasteiger partial charge >= 0.3 is 6.18 Å². The van der Waals surface area contributed by atoms with E-state index in [1.54, 1.807) is 6.92 Å². The maximum Gasteiger partial charge on any atom is 0.435 e. The molecule has 1 fully saturated rings. The van der Waals surface area contributed by atoms with Gasteiger partial charge in [-0.1, -0.05) is 0 Å². The van der Waals surface area contributed by atoms with Crippen LogP contribution < -0.4 is 5.32 Å². The molecule has 0 unspecified atom stereocenters. The Hall–Kier alpha value is -1.61. The summed E-state index contributed by atoms with van der Waals surface area (Å²) >= 11 is 0. The standard InChI is InChI=1S/C15H24F3N5O/c1-12-11-13(15(16,17)18)20-23(12)6-4-19-14(24)3-5-22-9-7-21(2)8-10-22/h11H,3-10H2,1-2H3,(H,19,24). The fraction of sp³-hybridized carbons (Fsp3) is 0.733. The number of nitrogens with one attached hydrogen (secondary N) is 1. The van der Waals surface area contributed by atoms with Gasteiger partial charge < -0.3 is 15.1 Å². The van der Waals surface area contributed by atoms with Crippen molar-refractivity contribution >= 4 is 5.91 Å². The van der Waals surface area contributed by atoms with Crippen LogP contribution in [0.25, 0.3) is 0 Å². The summed E-state index contributed by atoms with van der Waals surface area (Å²) in [6, 6.07) is 1.01. The zero-order chi connectivity index (χ0) is 17.7. The van der Waals surface area contributed by atoms with E-state index in [2.05, 4.69) is 27.3 Å². The van der Waals surface area contributed by atoms with Gasteiger partial charge in [0.15, 0.2) is 5.69 Å². The number of amides is 1. The van der Waals surface area contributed by atoms with E-state index < -0.39 is 11.9 Å². The number of hydrogen-bond acceptors (Lipinski definition) is 4. The molecular formula is C15H24F3N5O. The lowest BCUT2D eigenvalue weighted by Crippen LogP contribution is -2.45. The monoisotopic (exact) mass is 347 g/mol. The first-order valence-electron chi connectivity index (χ1n) is 8.05. The summed E-state index contributed by atoms with van der Waals surface area (Å²) in [6.45, 7) is 6.68. The van der Waals surface area contributed by atoms with E-state index in [0.717, 1.165) is 32.2 Å². The van der Waals surface area contributed by atoms with Gasteiger partial charge in [-0.05, 0) is 20.0 Å². The van der Waals surface area contributed by atoms with Gasteiger partial charge in [0.25, 0.3) is 0 Å². The Morgan fingerprint density at radius 1 is 1.25 bits per heavy atom. The number of halogens is 3. The van der Waals surface area contributed by atoms with Crippen molar-refractivity contribution in [1.82, 2.24) is 24.9 Å². The summed E-state index contributed by atoms with van der Waals surface area (Å²) in [7, 11) is 2.07. The lowest BCUT2D eigenvalue weighted by atomic mass is 10.3. The molecule has 6 nitrogen and oxygen atoms in total. The molecule has 2 heterocycles. The van der Waals surface area contributed by atoms with Crippen molar-refractivity contribution in [3.63, 3.8) is 0 Å². The average Bonchev–Trinajstić information content (AvgIpc) is 2.88. The van der Waals surface area contributed by atoms with Gasteiger partial charge in [0, 0.05) is 51.4 Å². The van der Waals surface area contributed by atoms with Crippen LogP contribution in [0.5, 0.6) is 0 Å². The third kappa shape index (κ3) is 5.48. The Morgan fingerprint density at radius 2 is 1.92 bits per heavy atom. The maximum atomic E-state index is 12.6. The van der Waals surface area contributed by atoms with Crippen LogP contribution in [0.2, 0.25) is 0 Å². The number of nitrogens with zero attached hydrogens (tertiary/aromatic N) is 4. The summed E-state index contributed by atoms with van der Waals surface area (Å²) in [4.78, 5) is 16.3. The Bertz CT molecular complexity index is 550. The van der Waals surface area contributed by atoms with Crippen molar-refractivity contribution in [2.24, 2.45) is 0 Å². The van der Waals surface area contributed by atoms with Crippen LogP contribution in [-0.4, -0.2) is 71.8 Å². The van der Waals surface area contributed by atoms with Gasteiger partial charge in [-0.3, -0.25) is 9.48 Å². The number of alkyl halides is 3. The van der Waals surface area contributed by atoms with Crippen molar-refractivity contribution in [3.05, 3.63) is 17.5 Å². The highest BCUT2D eigenvalue weighted by Crippen LogP contribution is 2.28. The number of hydrogen-bond donors (Lipinski definition) is 1. The maximum absolute atomic E-state index is 12.6. The first-order chi connectivity index (χ1) is 11.3. The first kappa shape index (κ1) is 18.7. The van der Waals surface area contributed by atoms with Gasteiger partial charge in [-0.2, -0.15) is 18.3 Å². The number of rotatable bonds is 6. The molecule has 0 aliphatic carbocycles. The second kappa shape index (κ2) is 7.98. The highest BCUT2D eigenvalue weighted by atomic mass is 19.4. The second-order valence-electron chi connectivity index (χ2n) is 6.14. The fourth-order valence-electron chi connectivity index (χ4n) is 2.60. The number of aryl methyl sites for hydroxylation is 1. The van der Waals surface area contributed by atoms with Crippen LogP contribution in [0, 0.1) is 6.92 Å².